The molecule has 1 aliphatic rings. The lowest BCUT2D eigenvalue weighted by Crippen LogP contribution is -2.22. The maximum Gasteiger partial charge on any atom is 0.257 e. The minimum atomic E-state index is -0.359. The number of ether oxygens (including phenoxy) is 2. The summed E-state index contributed by atoms with van der Waals surface area (Å²) in [5.74, 6) is -0.0656. The molecule has 9 heteroatoms. The molecule has 3 aromatic rings. The summed E-state index contributed by atoms with van der Waals surface area (Å²) in [7, 11) is 4.85. The molecule has 2 aromatic heterocycles. The third kappa shape index (κ3) is 4.22. The van der Waals surface area contributed by atoms with Crippen LogP contribution in [0.5, 0.6) is 5.75 Å². The van der Waals surface area contributed by atoms with Crippen LogP contribution in [0.25, 0.3) is 11.2 Å². The zero-order chi connectivity index (χ0) is 22.0. The average Bonchev–Trinajstić information content (AvgIpc) is 3.22. The molecule has 0 spiro atoms. The molecule has 0 saturated carbocycles. The van der Waals surface area contributed by atoms with Gasteiger partial charge in [0.2, 0.25) is 0 Å². The van der Waals surface area contributed by atoms with Crippen LogP contribution in [0.1, 0.15) is 39.6 Å². The maximum atomic E-state index is 12.9. The number of hydrogen-bond acceptors (Lipinski definition) is 6. The van der Waals surface area contributed by atoms with E-state index in [9.17, 15) is 9.59 Å². The molecule has 162 valence electrons. The Morgan fingerprint density at radius 2 is 1.94 bits per heavy atom. The van der Waals surface area contributed by atoms with E-state index in [2.05, 4.69) is 19.9 Å². The van der Waals surface area contributed by atoms with Gasteiger partial charge in [-0.2, -0.15) is 0 Å². The fraction of sp³-hybridized carbons (Fsp3) is 0.364. The summed E-state index contributed by atoms with van der Waals surface area (Å²) in [6.45, 7) is 1.45. The van der Waals surface area contributed by atoms with Gasteiger partial charge in [0.25, 0.3) is 11.8 Å². The molecule has 0 radical (unpaired) electrons. The number of methoxy groups -OCH3 is 1. The number of rotatable bonds is 5. The van der Waals surface area contributed by atoms with Crippen molar-refractivity contribution in [3.8, 4) is 5.75 Å². The fourth-order valence-corrected chi connectivity index (χ4v) is 3.67. The summed E-state index contributed by atoms with van der Waals surface area (Å²) in [5.41, 5.74) is 2.64. The van der Waals surface area contributed by atoms with E-state index < -0.39 is 0 Å². The number of benzene rings is 1. The van der Waals surface area contributed by atoms with Gasteiger partial charge in [-0.15, -0.1) is 0 Å². The van der Waals surface area contributed by atoms with Crippen LogP contribution < -0.4 is 10.1 Å². The van der Waals surface area contributed by atoms with Crippen molar-refractivity contribution in [3.05, 3.63) is 47.9 Å². The first-order chi connectivity index (χ1) is 15.0. The highest BCUT2D eigenvalue weighted by Gasteiger charge is 2.20. The highest BCUT2D eigenvalue weighted by atomic mass is 16.5. The number of aromatic nitrogens is 3. The van der Waals surface area contributed by atoms with Crippen LogP contribution in [-0.2, 0) is 4.74 Å². The van der Waals surface area contributed by atoms with E-state index in [0.29, 0.717) is 34.1 Å². The minimum absolute atomic E-state index is 0.167. The van der Waals surface area contributed by atoms with Crippen molar-refractivity contribution in [1.82, 2.24) is 19.4 Å². The second-order valence-corrected chi connectivity index (χ2v) is 7.63. The molecule has 0 aliphatic carbocycles. The lowest BCUT2D eigenvalue weighted by atomic mass is 10.1. The van der Waals surface area contributed by atoms with E-state index in [1.165, 1.54) is 18.2 Å². The lowest BCUT2D eigenvalue weighted by Gasteiger charge is -2.23. The van der Waals surface area contributed by atoms with Gasteiger partial charge >= 0.3 is 0 Å². The van der Waals surface area contributed by atoms with Gasteiger partial charge in [0.05, 0.1) is 24.7 Å². The molecule has 9 nitrogen and oxygen atoms in total. The number of pyridine rings is 1. The zero-order valence-electron chi connectivity index (χ0n) is 17.8. The van der Waals surface area contributed by atoms with E-state index in [0.717, 1.165) is 31.7 Å². The Kier molecular flexibility index (Phi) is 5.85. The Morgan fingerprint density at radius 1 is 1.16 bits per heavy atom. The quantitative estimate of drug-likeness (QED) is 0.678. The summed E-state index contributed by atoms with van der Waals surface area (Å²) in [6.07, 6.45) is 5.14. The molecular weight excluding hydrogens is 398 g/mol. The van der Waals surface area contributed by atoms with Crippen molar-refractivity contribution in [1.29, 1.82) is 0 Å². The van der Waals surface area contributed by atoms with Crippen molar-refractivity contribution < 1.29 is 19.1 Å². The van der Waals surface area contributed by atoms with E-state index in [4.69, 9.17) is 9.47 Å². The van der Waals surface area contributed by atoms with Gasteiger partial charge in [0, 0.05) is 45.1 Å². The minimum Gasteiger partial charge on any atom is -0.495 e. The summed E-state index contributed by atoms with van der Waals surface area (Å²) in [5, 5.41) is 2.82. The van der Waals surface area contributed by atoms with Crippen LogP contribution in [0.4, 0.5) is 5.69 Å². The smallest absolute Gasteiger partial charge is 0.257 e. The molecule has 2 amide bonds. The van der Waals surface area contributed by atoms with Gasteiger partial charge in [0.15, 0.2) is 5.65 Å². The number of fused-ring (bicyclic) bond motifs is 1. The molecule has 0 unspecified atom stereocenters. The van der Waals surface area contributed by atoms with Gasteiger partial charge in [-0.1, -0.05) is 0 Å². The highest BCUT2D eigenvalue weighted by Crippen LogP contribution is 2.28. The third-order valence-corrected chi connectivity index (χ3v) is 5.36. The molecule has 0 atom stereocenters. The lowest BCUT2D eigenvalue weighted by molar-refractivity contribution is 0.0704. The first-order valence-electron chi connectivity index (χ1n) is 10.1. The zero-order valence-corrected chi connectivity index (χ0v) is 17.8. The van der Waals surface area contributed by atoms with Crippen LogP contribution in [-0.4, -0.2) is 65.7 Å². The Hall–Kier alpha value is -3.46. The number of imidazole rings is 1. The fourth-order valence-electron chi connectivity index (χ4n) is 3.67. The van der Waals surface area contributed by atoms with Crippen LogP contribution in [0.3, 0.4) is 0 Å². The molecule has 0 bridgehead atoms. The van der Waals surface area contributed by atoms with Gasteiger partial charge < -0.3 is 24.3 Å². The molecule has 1 aliphatic heterocycles. The Balaban J connectivity index is 1.58. The van der Waals surface area contributed by atoms with E-state index in [1.807, 2.05) is 0 Å². The van der Waals surface area contributed by atoms with E-state index >= 15 is 0 Å². The van der Waals surface area contributed by atoms with Gasteiger partial charge in [-0.3, -0.25) is 9.59 Å². The molecule has 1 saturated heterocycles. The normalized spacial score (nSPS) is 14.4. The molecule has 31 heavy (non-hydrogen) atoms. The van der Waals surface area contributed by atoms with Crippen molar-refractivity contribution in [2.75, 3.05) is 39.7 Å². The molecule has 1 aromatic carbocycles. The first-order valence-corrected chi connectivity index (χ1v) is 10.1. The predicted molar refractivity (Wildman–Crippen MR) is 116 cm³/mol. The second-order valence-electron chi connectivity index (χ2n) is 7.63. The van der Waals surface area contributed by atoms with Gasteiger partial charge in [0.1, 0.15) is 11.3 Å². The number of anilines is 1. The molecule has 4 rings (SSSR count). The summed E-state index contributed by atoms with van der Waals surface area (Å²) in [6, 6.07) is 6.93. The predicted octanol–water partition coefficient (Wildman–Crippen LogP) is 2.75. The van der Waals surface area contributed by atoms with Crippen molar-refractivity contribution in [2.24, 2.45) is 0 Å². The Morgan fingerprint density at radius 3 is 2.65 bits per heavy atom. The molecular formula is C22H25N5O4. The number of carbonyl (C=O) groups is 2. The van der Waals surface area contributed by atoms with Crippen molar-refractivity contribution >= 4 is 28.7 Å². The molecule has 1 N–H and O–H groups in total. The van der Waals surface area contributed by atoms with Crippen LogP contribution in [0.2, 0.25) is 0 Å². The number of amides is 2. The summed E-state index contributed by atoms with van der Waals surface area (Å²) in [4.78, 5) is 35.6. The van der Waals surface area contributed by atoms with E-state index in [1.54, 1.807) is 44.7 Å². The first kappa shape index (κ1) is 20.8. The monoisotopic (exact) mass is 423 g/mol. The summed E-state index contributed by atoms with van der Waals surface area (Å²) >= 11 is 0. The van der Waals surface area contributed by atoms with E-state index in [-0.39, 0.29) is 11.8 Å². The molecule has 1 fully saturated rings. The average molecular weight is 423 g/mol. The second kappa shape index (κ2) is 8.73. The number of carbonyl (C=O) groups excluding carboxylic acids is 2. The van der Waals surface area contributed by atoms with Crippen LogP contribution in [0, 0.1) is 0 Å². The molecule has 3 heterocycles. The standard InChI is InChI=1S/C22H25N5O4/c1-26(2)22(29)14-4-5-19(30-3)17(10-14)25-21(28)15-11-18-20(23-12-15)27(13-24-18)16-6-8-31-9-7-16/h4-5,10-13,16H,6-9H2,1-3H3,(H,25,28). The largest absolute Gasteiger partial charge is 0.495 e. The maximum absolute atomic E-state index is 12.9. The Labute approximate surface area is 180 Å². The van der Waals surface area contributed by atoms with Gasteiger partial charge in [-0.05, 0) is 37.1 Å². The topological polar surface area (TPSA) is 98.6 Å². The highest BCUT2D eigenvalue weighted by molar-refractivity contribution is 6.07. The Bertz CT molecular complexity index is 1120. The van der Waals surface area contributed by atoms with Crippen LogP contribution >= 0.6 is 0 Å². The van der Waals surface area contributed by atoms with Crippen LogP contribution in [0.15, 0.2) is 36.8 Å². The van der Waals surface area contributed by atoms with Crippen molar-refractivity contribution in [3.63, 3.8) is 0 Å². The SMILES string of the molecule is COc1ccc(C(=O)N(C)C)cc1NC(=O)c1cnc2c(c1)ncn2C1CCOCC1. The number of nitrogens with one attached hydrogen (secondary N) is 1. The van der Waals surface area contributed by atoms with Crippen molar-refractivity contribution in [2.45, 2.75) is 18.9 Å². The number of nitrogens with zero attached hydrogens (tertiary/aromatic N) is 4. The summed E-state index contributed by atoms with van der Waals surface area (Å²) < 4.78 is 12.8. The third-order valence-electron chi connectivity index (χ3n) is 5.36. The number of hydrogen-bond donors (Lipinski definition) is 1. The van der Waals surface area contributed by atoms with Gasteiger partial charge in [-0.25, -0.2) is 9.97 Å².